The molecule has 0 aliphatic rings. The smallest absolute Gasteiger partial charge is 0.270 e. The van der Waals surface area contributed by atoms with Crippen LogP contribution in [0.25, 0.3) is 17.3 Å². The number of nitrogens with zero attached hydrogens (tertiary/aromatic N) is 2. The average molecular weight is 395 g/mol. The molecule has 1 N–H and O–H groups in total. The average Bonchev–Trinajstić information content (AvgIpc) is 3.16. The number of amides is 1. The molecule has 0 spiro atoms. The second kappa shape index (κ2) is 8.92. The van der Waals surface area contributed by atoms with E-state index in [1.165, 1.54) is 29.5 Å². The van der Waals surface area contributed by atoms with Gasteiger partial charge in [-0.25, -0.2) is 4.98 Å². The first-order chi connectivity index (χ1) is 13.6. The van der Waals surface area contributed by atoms with Crippen molar-refractivity contribution < 1.29 is 14.5 Å². The lowest BCUT2D eigenvalue weighted by Gasteiger charge is -2.06. The molecule has 1 aromatic heterocycles. The number of benzene rings is 2. The zero-order valence-corrected chi connectivity index (χ0v) is 15.8. The van der Waals surface area contributed by atoms with E-state index in [0.717, 1.165) is 5.56 Å². The van der Waals surface area contributed by atoms with Crippen molar-refractivity contribution in [2.45, 2.75) is 6.92 Å². The van der Waals surface area contributed by atoms with E-state index in [4.69, 9.17) is 4.74 Å². The highest BCUT2D eigenvalue weighted by Crippen LogP contribution is 2.27. The van der Waals surface area contributed by atoms with Crippen molar-refractivity contribution in [1.29, 1.82) is 0 Å². The van der Waals surface area contributed by atoms with Crippen LogP contribution in [0.4, 0.5) is 10.8 Å². The Morgan fingerprint density at radius 2 is 2.11 bits per heavy atom. The fourth-order valence-electron chi connectivity index (χ4n) is 2.46. The normalized spacial score (nSPS) is 10.8. The second-order valence-electron chi connectivity index (χ2n) is 5.64. The van der Waals surface area contributed by atoms with E-state index in [2.05, 4.69) is 10.3 Å². The number of rotatable bonds is 7. The Morgan fingerprint density at radius 3 is 2.89 bits per heavy atom. The molecular weight excluding hydrogens is 378 g/mol. The van der Waals surface area contributed by atoms with Crippen LogP contribution in [0, 0.1) is 10.1 Å². The fourth-order valence-corrected chi connectivity index (χ4v) is 3.18. The van der Waals surface area contributed by atoms with Gasteiger partial charge in [-0.05, 0) is 19.1 Å². The molecule has 0 saturated heterocycles. The predicted molar refractivity (Wildman–Crippen MR) is 109 cm³/mol. The fraction of sp³-hybridized carbons (Fsp3) is 0.100. The number of aromatic nitrogens is 1. The van der Waals surface area contributed by atoms with Gasteiger partial charge in [-0.3, -0.25) is 20.2 Å². The van der Waals surface area contributed by atoms with Gasteiger partial charge in [-0.2, -0.15) is 0 Å². The van der Waals surface area contributed by atoms with Gasteiger partial charge in [-0.15, -0.1) is 11.3 Å². The molecule has 3 rings (SSSR count). The second-order valence-corrected chi connectivity index (χ2v) is 6.50. The van der Waals surface area contributed by atoms with Crippen LogP contribution in [0.2, 0.25) is 0 Å². The number of carbonyl (C=O) groups is 1. The largest absolute Gasteiger partial charge is 0.493 e. The van der Waals surface area contributed by atoms with Crippen molar-refractivity contribution in [3.8, 4) is 17.0 Å². The number of hydrogen-bond acceptors (Lipinski definition) is 6. The Balaban J connectivity index is 1.69. The highest BCUT2D eigenvalue weighted by molar-refractivity contribution is 7.14. The van der Waals surface area contributed by atoms with Crippen LogP contribution >= 0.6 is 11.3 Å². The maximum atomic E-state index is 12.2. The number of nitrogens with one attached hydrogen (secondary N) is 1. The number of nitro groups is 1. The molecule has 0 saturated carbocycles. The molecule has 28 heavy (non-hydrogen) atoms. The standard InChI is InChI=1S/C20H17N3O4S/c1-2-27-18-9-4-3-6-14(18)10-11-19(24)22-20-21-17(13-28-20)15-7-5-8-16(12-15)23(25)26/h3-13H,2H2,1H3,(H,21,22,24)/b11-10+. The van der Waals surface area contributed by atoms with Crippen LogP contribution in [0.5, 0.6) is 5.75 Å². The zero-order chi connectivity index (χ0) is 19.9. The Hall–Kier alpha value is -3.52. The summed E-state index contributed by atoms with van der Waals surface area (Å²) in [4.78, 5) is 27.0. The van der Waals surface area contributed by atoms with E-state index in [1.807, 2.05) is 31.2 Å². The summed E-state index contributed by atoms with van der Waals surface area (Å²) in [5.41, 5.74) is 1.98. The molecule has 8 heteroatoms. The number of hydrogen-bond donors (Lipinski definition) is 1. The van der Waals surface area contributed by atoms with Crippen LogP contribution in [-0.4, -0.2) is 22.4 Å². The molecule has 3 aromatic rings. The number of non-ortho nitro benzene ring substituents is 1. The highest BCUT2D eigenvalue weighted by atomic mass is 32.1. The first-order valence-corrected chi connectivity index (χ1v) is 9.36. The molecule has 0 aliphatic heterocycles. The van der Waals surface area contributed by atoms with Crippen LogP contribution in [-0.2, 0) is 4.79 Å². The van der Waals surface area contributed by atoms with Gasteiger partial charge in [0.25, 0.3) is 5.69 Å². The van der Waals surface area contributed by atoms with Crippen LogP contribution in [0.3, 0.4) is 0 Å². The number of carbonyl (C=O) groups excluding carboxylic acids is 1. The molecule has 0 unspecified atom stereocenters. The first kappa shape index (κ1) is 19.2. The van der Waals surface area contributed by atoms with E-state index in [1.54, 1.807) is 23.6 Å². The monoisotopic (exact) mass is 395 g/mol. The Morgan fingerprint density at radius 1 is 1.29 bits per heavy atom. The van der Waals surface area contributed by atoms with Gasteiger partial charge in [0.15, 0.2) is 5.13 Å². The molecule has 7 nitrogen and oxygen atoms in total. The summed E-state index contributed by atoms with van der Waals surface area (Å²) in [7, 11) is 0. The summed E-state index contributed by atoms with van der Waals surface area (Å²) in [5.74, 6) is 0.377. The summed E-state index contributed by atoms with van der Waals surface area (Å²) in [6.07, 6.45) is 3.09. The van der Waals surface area contributed by atoms with Crippen LogP contribution in [0.1, 0.15) is 12.5 Å². The number of thiazole rings is 1. The molecule has 142 valence electrons. The van der Waals surface area contributed by atoms with Crippen molar-refractivity contribution in [3.63, 3.8) is 0 Å². The lowest BCUT2D eigenvalue weighted by Crippen LogP contribution is -2.07. The van der Waals surface area contributed by atoms with E-state index in [-0.39, 0.29) is 11.6 Å². The molecule has 1 heterocycles. The molecule has 0 fully saturated rings. The number of anilines is 1. The molecular formula is C20H17N3O4S. The molecule has 2 aromatic carbocycles. The topological polar surface area (TPSA) is 94.4 Å². The quantitative estimate of drug-likeness (QED) is 0.353. The van der Waals surface area contributed by atoms with E-state index in [0.29, 0.717) is 28.7 Å². The zero-order valence-electron chi connectivity index (χ0n) is 15.0. The minimum absolute atomic E-state index is 0.00742. The van der Waals surface area contributed by atoms with Crippen LogP contribution in [0.15, 0.2) is 60.0 Å². The summed E-state index contributed by atoms with van der Waals surface area (Å²) in [6, 6.07) is 13.6. The Kier molecular flexibility index (Phi) is 6.13. The summed E-state index contributed by atoms with van der Waals surface area (Å²) < 4.78 is 5.53. The van der Waals surface area contributed by atoms with Gasteiger partial charge >= 0.3 is 0 Å². The Bertz CT molecular complexity index is 1030. The van der Waals surface area contributed by atoms with Crippen LogP contribution < -0.4 is 10.1 Å². The number of para-hydroxylation sites is 1. The maximum Gasteiger partial charge on any atom is 0.270 e. The summed E-state index contributed by atoms with van der Waals surface area (Å²) >= 11 is 1.25. The van der Waals surface area contributed by atoms with Gasteiger partial charge in [0.1, 0.15) is 5.75 Å². The predicted octanol–water partition coefficient (Wildman–Crippen LogP) is 4.77. The lowest BCUT2D eigenvalue weighted by molar-refractivity contribution is -0.384. The van der Waals surface area contributed by atoms with Crippen molar-refractivity contribution in [2.75, 3.05) is 11.9 Å². The SMILES string of the molecule is CCOc1ccccc1/C=C/C(=O)Nc1nc(-c2cccc([N+](=O)[O-])c2)cs1. The first-order valence-electron chi connectivity index (χ1n) is 8.48. The van der Waals surface area contributed by atoms with Gasteiger partial charge in [-0.1, -0.05) is 30.3 Å². The highest BCUT2D eigenvalue weighted by Gasteiger charge is 2.11. The maximum absolute atomic E-state index is 12.2. The molecule has 0 aliphatic carbocycles. The summed E-state index contributed by atoms with van der Waals surface area (Å²) in [6.45, 7) is 2.44. The third-order valence-electron chi connectivity index (χ3n) is 3.72. The minimum Gasteiger partial charge on any atom is -0.493 e. The lowest BCUT2D eigenvalue weighted by atomic mass is 10.1. The van der Waals surface area contributed by atoms with Crippen molar-refractivity contribution >= 4 is 34.1 Å². The molecule has 0 bridgehead atoms. The van der Waals surface area contributed by atoms with Crippen molar-refractivity contribution in [3.05, 3.63) is 75.7 Å². The van der Waals surface area contributed by atoms with E-state index >= 15 is 0 Å². The van der Waals surface area contributed by atoms with Gasteiger partial charge in [0, 0.05) is 34.7 Å². The van der Waals surface area contributed by atoms with Crippen molar-refractivity contribution in [2.24, 2.45) is 0 Å². The van der Waals surface area contributed by atoms with Gasteiger partial charge in [0.05, 0.1) is 17.2 Å². The molecule has 0 radical (unpaired) electrons. The summed E-state index contributed by atoms with van der Waals surface area (Å²) in [5, 5.41) is 15.8. The molecule has 0 atom stereocenters. The third-order valence-corrected chi connectivity index (χ3v) is 4.48. The van der Waals surface area contributed by atoms with E-state index < -0.39 is 4.92 Å². The number of ether oxygens (including phenoxy) is 1. The Labute approximate surface area is 165 Å². The number of nitro benzene ring substituents is 1. The van der Waals surface area contributed by atoms with Gasteiger partial charge < -0.3 is 4.74 Å². The third kappa shape index (κ3) is 4.80. The minimum atomic E-state index is -0.455. The molecule has 1 amide bonds. The van der Waals surface area contributed by atoms with E-state index in [9.17, 15) is 14.9 Å². The van der Waals surface area contributed by atoms with Gasteiger partial charge in [0.2, 0.25) is 5.91 Å². The van der Waals surface area contributed by atoms with Crippen molar-refractivity contribution in [1.82, 2.24) is 4.98 Å².